The van der Waals surface area contributed by atoms with Crippen molar-refractivity contribution in [1.82, 2.24) is 0 Å². The molecule has 0 radical (unpaired) electrons. The lowest BCUT2D eigenvalue weighted by atomic mass is 10.1. The van der Waals surface area contributed by atoms with Gasteiger partial charge in [0.05, 0.1) is 5.92 Å². The third-order valence-electron chi connectivity index (χ3n) is 3.96. The summed E-state index contributed by atoms with van der Waals surface area (Å²) in [5.74, 6) is -0.988. The van der Waals surface area contributed by atoms with E-state index in [4.69, 9.17) is 11.6 Å². The van der Waals surface area contributed by atoms with Gasteiger partial charge in [-0.1, -0.05) is 17.7 Å². The first-order valence-corrected chi connectivity index (χ1v) is 8.22. The van der Waals surface area contributed by atoms with E-state index in [1.165, 1.54) is 29.2 Å². The van der Waals surface area contributed by atoms with Crippen LogP contribution in [-0.4, -0.2) is 25.0 Å². The Labute approximate surface area is 153 Å². The first-order valence-electron chi connectivity index (χ1n) is 7.84. The van der Waals surface area contributed by atoms with Crippen molar-refractivity contribution < 1.29 is 23.1 Å². The van der Waals surface area contributed by atoms with Gasteiger partial charge in [0.1, 0.15) is 5.75 Å². The second-order valence-corrected chi connectivity index (χ2v) is 6.21. The maximum absolute atomic E-state index is 12.4. The molecule has 1 heterocycles. The van der Waals surface area contributed by atoms with Crippen LogP contribution in [0.2, 0.25) is 5.02 Å². The highest BCUT2D eigenvalue weighted by molar-refractivity contribution is 6.31. The van der Waals surface area contributed by atoms with E-state index in [1.807, 2.05) is 0 Å². The summed E-state index contributed by atoms with van der Waals surface area (Å²) in [6.45, 7) is -2.66. The molecule has 1 aliphatic rings. The molecule has 1 aliphatic heterocycles. The summed E-state index contributed by atoms with van der Waals surface area (Å²) >= 11 is 5.95. The van der Waals surface area contributed by atoms with Gasteiger partial charge in [0.2, 0.25) is 11.8 Å². The predicted octanol–water partition coefficient (Wildman–Crippen LogP) is 3.93. The van der Waals surface area contributed by atoms with Gasteiger partial charge in [-0.25, -0.2) is 0 Å². The van der Waals surface area contributed by atoms with Gasteiger partial charge in [-0.15, -0.1) is 0 Å². The van der Waals surface area contributed by atoms with Crippen LogP contribution in [0.25, 0.3) is 0 Å². The summed E-state index contributed by atoms with van der Waals surface area (Å²) in [5.41, 5.74) is 1.08. The monoisotopic (exact) mass is 380 g/mol. The van der Waals surface area contributed by atoms with Gasteiger partial charge in [-0.05, 0) is 42.5 Å². The van der Waals surface area contributed by atoms with E-state index >= 15 is 0 Å². The molecule has 0 aromatic heterocycles. The van der Waals surface area contributed by atoms with Gasteiger partial charge in [0.15, 0.2) is 0 Å². The van der Waals surface area contributed by atoms with Crippen molar-refractivity contribution in [1.29, 1.82) is 0 Å². The highest BCUT2D eigenvalue weighted by Gasteiger charge is 2.35. The molecule has 3 rings (SSSR count). The van der Waals surface area contributed by atoms with Crippen LogP contribution >= 0.6 is 11.6 Å². The van der Waals surface area contributed by atoms with E-state index in [0.29, 0.717) is 16.4 Å². The fourth-order valence-electron chi connectivity index (χ4n) is 2.74. The maximum Gasteiger partial charge on any atom is 0.387 e. The number of anilines is 2. The minimum Gasteiger partial charge on any atom is -0.435 e. The Morgan fingerprint density at radius 1 is 1.23 bits per heavy atom. The summed E-state index contributed by atoms with van der Waals surface area (Å²) < 4.78 is 28.5. The Kier molecular flexibility index (Phi) is 5.37. The van der Waals surface area contributed by atoms with Crippen molar-refractivity contribution in [2.75, 3.05) is 16.8 Å². The number of alkyl halides is 2. The van der Waals surface area contributed by atoms with Gasteiger partial charge in [0.25, 0.3) is 0 Å². The lowest BCUT2D eigenvalue weighted by molar-refractivity contribution is -0.122. The number of nitrogens with one attached hydrogen (secondary N) is 1. The Bertz CT molecular complexity index is 814. The quantitative estimate of drug-likeness (QED) is 0.855. The van der Waals surface area contributed by atoms with Crippen molar-refractivity contribution in [2.24, 2.45) is 5.92 Å². The fraction of sp³-hybridized carbons (Fsp3) is 0.222. The average Bonchev–Trinajstić information content (AvgIpc) is 2.98. The largest absolute Gasteiger partial charge is 0.435 e. The van der Waals surface area contributed by atoms with E-state index in [-0.39, 0.29) is 30.5 Å². The highest BCUT2D eigenvalue weighted by Crippen LogP contribution is 2.28. The Morgan fingerprint density at radius 3 is 2.62 bits per heavy atom. The summed E-state index contributed by atoms with van der Waals surface area (Å²) in [7, 11) is 0. The van der Waals surface area contributed by atoms with E-state index in [1.54, 1.807) is 24.3 Å². The van der Waals surface area contributed by atoms with Crippen LogP contribution in [0.5, 0.6) is 5.75 Å². The third kappa shape index (κ3) is 4.29. The van der Waals surface area contributed by atoms with Gasteiger partial charge in [0, 0.05) is 29.4 Å². The zero-order chi connectivity index (χ0) is 18.7. The molecule has 2 amide bonds. The predicted molar refractivity (Wildman–Crippen MR) is 93.6 cm³/mol. The molecule has 1 atom stereocenters. The molecule has 5 nitrogen and oxygen atoms in total. The molecular formula is C18H15ClF2N2O3. The normalized spacial score (nSPS) is 16.8. The molecule has 0 saturated carbocycles. The molecule has 0 spiro atoms. The third-order valence-corrected chi connectivity index (χ3v) is 4.20. The minimum atomic E-state index is -2.91. The van der Waals surface area contributed by atoms with Crippen molar-refractivity contribution >= 4 is 34.8 Å². The van der Waals surface area contributed by atoms with Crippen molar-refractivity contribution in [3.8, 4) is 5.75 Å². The zero-order valence-corrected chi connectivity index (χ0v) is 14.2. The topological polar surface area (TPSA) is 58.6 Å². The SMILES string of the molecule is O=C(Nc1ccc(OC(F)F)cc1)C1CC(=O)N(c2cccc(Cl)c2)C1. The number of hydrogen-bond acceptors (Lipinski definition) is 3. The summed E-state index contributed by atoms with van der Waals surface area (Å²) in [4.78, 5) is 26.1. The van der Waals surface area contributed by atoms with Crippen molar-refractivity contribution in [2.45, 2.75) is 13.0 Å². The van der Waals surface area contributed by atoms with Gasteiger partial charge in [-0.3, -0.25) is 9.59 Å². The smallest absolute Gasteiger partial charge is 0.387 e. The molecule has 0 bridgehead atoms. The lowest BCUT2D eigenvalue weighted by Crippen LogP contribution is -2.28. The van der Waals surface area contributed by atoms with Crippen LogP contribution in [0.15, 0.2) is 48.5 Å². The van der Waals surface area contributed by atoms with Crippen molar-refractivity contribution in [3.05, 3.63) is 53.6 Å². The number of rotatable bonds is 5. The molecule has 2 aromatic carbocycles. The van der Waals surface area contributed by atoms with Crippen LogP contribution in [0, 0.1) is 5.92 Å². The van der Waals surface area contributed by atoms with Crippen LogP contribution < -0.4 is 15.0 Å². The van der Waals surface area contributed by atoms with Crippen LogP contribution in [-0.2, 0) is 9.59 Å². The van der Waals surface area contributed by atoms with Gasteiger partial charge in [-0.2, -0.15) is 8.78 Å². The van der Waals surface area contributed by atoms with E-state index < -0.39 is 12.5 Å². The second kappa shape index (κ2) is 7.70. The number of hydrogen-bond donors (Lipinski definition) is 1. The molecule has 136 valence electrons. The fourth-order valence-corrected chi connectivity index (χ4v) is 2.93. The summed E-state index contributed by atoms with van der Waals surface area (Å²) in [6, 6.07) is 12.5. The Hall–Kier alpha value is -2.67. The van der Waals surface area contributed by atoms with Crippen LogP contribution in [0.4, 0.5) is 20.2 Å². The lowest BCUT2D eigenvalue weighted by Gasteiger charge is -2.17. The molecule has 0 aliphatic carbocycles. The molecule has 1 fully saturated rings. The summed E-state index contributed by atoms with van der Waals surface area (Å²) in [5, 5.41) is 3.19. The van der Waals surface area contributed by atoms with Crippen LogP contribution in [0.3, 0.4) is 0 Å². The molecule has 1 unspecified atom stereocenters. The van der Waals surface area contributed by atoms with Crippen LogP contribution in [0.1, 0.15) is 6.42 Å². The van der Waals surface area contributed by atoms with E-state index in [2.05, 4.69) is 10.1 Å². The van der Waals surface area contributed by atoms with E-state index in [9.17, 15) is 18.4 Å². The standard InChI is InChI=1S/C18H15ClF2N2O3/c19-12-2-1-3-14(9-12)23-10-11(8-16(23)24)17(25)22-13-4-6-15(7-5-13)26-18(20)21/h1-7,9,11,18H,8,10H2,(H,22,25). The van der Waals surface area contributed by atoms with Gasteiger partial charge >= 0.3 is 6.61 Å². The summed E-state index contributed by atoms with van der Waals surface area (Å²) in [6.07, 6.45) is 0.0882. The van der Waals surface area contributed by atoms with Crippen molar-refractivity contribution in [3.63, 3.8) is 0 Å². The first-order chi connectivity index (χ1) is 12.4. The number of halogens is 3. The second-order valence-electron chi connectivity index (χ2n) is 5.78. The number of amides is 2. The number of ether oxygens (including phenoxy) is 1. The molecule has 2 aromatic rings. The van der Waals surface area contributed by atoms with Gasteiger partial charge < -0.3 is 15.0 Å². The first kappa shape index (κ1) is 18.1. The maximum atomic E-state index is 12.4. The Morgan fingerprint density at radius 2 is 1.96 bits per heavy atom. The molecule has 1 N–H and O–H groups in total. The molecular weight excluding hydrogens is 366 g/mol. The highest BCUT2D eigenvalue weighted by atomic mass is 35.5. The number of benzene rings is 2. The minimum absolute atomic E-state index is 0.00109. The number of carbonyl (C=O) groups is 2. The zero-order valence-electron chi connectivity index (χ0n) is 13.5. The molecule has 8 heteroatoms. The average molecular weight is 381 g/mol. The number of nitrogens with zero attached hydrogens (tertiary/aromatic N) is 1. The Balaban J connectivity index is 1.63. The number of carbonyl (C=O) groups excluding carboxylic acids is 2. The molecule has 26 heavy (non-hydrogen) atoms. The van der Waals surface area contributed by atoms with E-state index in [0.717, 1.165) is 0 Å². The molecule has 1 saturated heterocycles.